The lowest BCUT2D eigenvalue weighted by atomic mass is 10.2. The number of halogens is 1. The Bertz CT molecular complexity index is 833. The molecule has 0 bridgehead atoms. The van der Waals surface area contributed by atoms with Gasteiger partial charge in [0.15, 0.2) is 5.82 Å². The Hall–Kier alpha value is -1.99. The Balaban J connectivity index is 1.48. The van der Waals surface area contributed by atoms with Crippen molar-refractivity contribution in [2.45, 2.75) is 13.0 Å². The van der Waals surface area contributed by atoms with E-state index in [1.165, 1.54) is 10.0 Å². The summed E-state index contributed by atoms with van der Waals surface area (Å²) in [6, 6.07) is 8.45. The van der Waals surface area contributed by atoms with Crippen LogP contribution in [-0.4, -0.2) is 50.7 Å². The molecule has 1 aromatic carbocycles. The molecule has 24 heavy (non-hydrogen) atoms. The minimum absolute atomic E-state index is 0.830. The first-order valence-electron chi connectivity index (χ1n) is 8.16. The Morgan fingerprint density at radius 2 is 2.00 bits per heavy atom. The van der Waals surface area contributed by atoms with Crippen LogP contribution in [0.5, 0.6) is 0 Å². The van der Waals surface area contributed by atoms with Crippen molar-refractivity contribution >= 4 is 27.4 Å². The molecule has 3 heterocycles. The highest BCUT2D eigenvalue weighted by Crippen LogP contribution is 2.21. The second-order valence-corrected chi connectivity index (χ2v) is 6.88. The summed E-state index contributed by atoms with van der Waals surface area (Å²) in [5.41, 5.74) is 2.17. The van der Waals surface area contributed by atoms with Crippen LogP contribution in [0, 0.1) is 0 Å². The molecule has 6 nitrogen and oxygen atoms in total. The lowest BCUT2D eigenvalue weighted by molar-refractivity contribution is 0.285. The van der Waals surface area contributed by atoms with Gasteiger partial charge < -0.3 is 4.90 Å². The van der Waals surface area contributed by atoms with Gasteiger partial charge in [0.05, 0.1) is 0 Å². The van der Waals surface area contributed by atoms with E-state index in [-0.39, 0.29) is 0 Å². The van der Waals surface area contributed by atoms with Crippen molar-refractivity contribution in [2.75, 3.05) is 31.1 Å². The summed E-state index contributed by atoms with van der Waals surface area (Å²) in [6.07, 6.45) is 6.53. The molecule has 0 aliphatic carbocycles. The molecule has 1 fully saturated rings. The predicted octanol–water partition coefficient (Wildman–Crippen LogP) is 2.60. The molecule has 0 atom stereocenters. The molecular weight excluding hydrogens is 368 g/mol. The predicted molar refractivity (Wildman–Crippen MR) is 97.0 cm³/mol. The van der Waals surface area contributed by atoms with Crippen LogP contribution < -0.4 is 4.90 Å². The smallest absolute Gasteiger partial charge is 0.203 e. The van der Waals surface area contributed by atoms with E-state index in [1.54, 1.807) is 6.33 Å². The normalized spacial score (nSPS) is 16.5. The first kappa shape index (κ1) is 15.5. The summed E-state index contributed by atoms with van der Waals surface area (Å²) in [6.45, 7) is 5.01. The number of fused-ring (bicyclic) bond motifs is 1. The third-order valence-electron chi connectivity index (χ3n) is 4.44. The molecule has 0 N–H and O–H groups in total. The molecular formula is C17H19BrN6. The van der Waals surface area contributed by atoms with Crippen molar-refractivity contribution in [3.05, 3.63) is 53.0 Å². The quantitative estimate of drug-likeness (QED) is 0.692. The van der Waals surface area contributed by atoms with Crippen LogP contribution >= 0.6 is 15.9 Å². The number of anilines is 1. The minimum Gasteiger partial charge on any atom is -0.352 e. The van der Waals surface area contributed by atoms with Gasteiger partial charge in [-0.15, -0.1) is 10.2 Å². The van der Waals surface area contributed by atoms with Crippen LogP contribution in [0.1, 0.15) is 12.0 Å². The second-order valence-electron chi connectivity index (χ2n) is 6.02. The van der Waals surface area contributed by atoms with E-state index in [0.29, 0.717) is 0 Å². The Morgan fingerprint density at radius 3 is 2.92 bits per heavy atom. The maximum absolute atomic E-state index is 4.54. The van der Waals surface area contributed by atoms with Crippen LogP contribution in [-0.2, 0) is 6.54 Å². The Morgan fingerprint density at radius 1 is 1.08 bits per heavy atom. The van der Waals surface area contributed by atoms with Gasteiger partial charge in [-0.25, -0.2) is 4.98 Å². The monoisotopic (exact) mass is 386 g/mol. The summed E-state index contributed by atoms with van der Waals surface area (Å²) >= 11 is 3.65. The summed E-state index contributed by atoms with van der Waals surface area (Å²) in [5.74, 6) is 0.928. The minimum atomic E-state index is 0.830. The van der Waals surface area contributed by atoms with Crippen molar-refractivity contribution in [1.82, 2.24) is 24.5 Å². The van der Waals surface area contributed by atoms with Crippen molar-refractivity contribution in [2.24, 2.45) is 0 Å². The summed E-state index contributed by atoms with van der Waals surface area (Å²) < 4.78 is 3.10. The maximum atomic E-state index is 4.54. The standard InChI is InChI=1S/C17H19BrN6/c18-15-5-2-1-4-14(15)12-22-7-3-8-23(11-10-22)16-17-21-20-13-24(17)9-6-19-16/h1-2,4-6,9,13H,3,7-8,10-12H2. The molecule has 4 rings (SSSR count). The van der Waals surface area contributed by atoms with Crippen LogP contribution in [0.25, 0.3) is 5.65 Å². The average molecular weight is 387 g/mol. The van der Waals surface area contributed by atoms with Crippen LogP contribution in [0.3, 0.4) is 0 Å². The van der Waals surface area contributed by atoms with E-state index in [4.69, 9.17) is 0 Å². The third-order valence-corrected chi connectivity index (χ3v) is 5.21. The van der Waals surface area contributed by atoms with Gasteiger partial charge in [-0.2, -0.15) is 0 Å². The van der Waals surface area contributed by atoms with Crippen molar-refractivity contribution in [1.29, 1.82) is 0 Å². The molecule has 1 saturated heterocycles. The third kappa shape index (κ3) is 3.14. The van der Waals surface area contributed by atoms with E-state index < -0.39 is 0 Å². The zero-order valence-corrected chi connectivity index (χ0v) is 14.9. The zero-order chi connectivity index (χ0) is 16.4. The molecule has 1 aliphatic rings. The highest BCUT2D eigenvalue weighted by molar-refractivity contribution is 9.10. The van der Waals surface area contributed by atoms with E-state index in [2.05, 4.69) is 65.2 Å². The van der Waals surface area contributed by atoms with Gasteiger partial charge in [-0.1, -0.05) is 34.1 Å². The van der Waals surface area contributed by atoms with E-state index in [0.717, 1.165) is 50.6 Å². The van der Waals surface area contributed by atoms with Crippen LogP contribution in [0.15, 0.2) is 47.5 Å². The molecule has 0 saturated carbocycles. The van der Waals surface area contributed by atoms with Crippen molar-refractivity contribution < 1.29 is 0 Å². The molecule has 3 aromatic rings. The zero-order valence-electron chi connectivity index (χ0n) is 13.3. The van der Waals surface area contributed by atoms with Gasteiger partial charge in [-0.3, -0.25) is 9.30 Å². The summed E-state index contributed by atoms with van der Waals surface area (Å²) in [7, 11) is 0. The number of aromatic nitrogens is 4. The van der Waals surface area contributed by atoms with Crippen LogP contribution in [0.4, 0.5) is 5.82 Å². The van der Waals surface area contributed by atoms with Crippen molar-refractivity contribution in [3.63, 3.8) is 0 Å². The summed E-state index contributed by atoms with van der Waals surface area (Å²) in [5, 5.41) is 8.20. The highest BCUT2D eigenvalue weighted by Gasteiger charge is 2.19. The summed E-state index contributed by atoms with van der Waals surface area (Å²) in [4.78, 5) is 9.37. The maximum Gasteiger partial charge on any atom is 0.203 e. The number of nitrogens with zero attached hydrogens (tertiary/aromatic N) is 6. The van der Waals surface area contributed by atoms with Gasteiger partial charge in [0.1, 0.15) is 6.33 Å². The molecule has 7 heteroatoms. The van der Waals surface area contributed by atoms with Gasteiger partial charge in [-0.05, 0) is 18.1 Å². The molecule has 0 unspecified atom stereocenters. The fourth-order valence-electron chi connectivity index (χ4n) is 3.18. The number of rotatable bonds is 3. The topological polar surface area (TPSA) is 49.6 Å². The largest absolute Gasteiger partial charge is 0.352 e. The molecule has 1 aliphatic heterocycles. The van der Waals surface area contributed by atoms with Gasteiger partial charge in [0.2, 0.25) is 5.65 Å². The molecule has 0 radical (unpaired) electrons. The number of benzene rings is 1. The lowest BCUT2D eigenvalue weighted by Crippen LogP contribution is -2.31. The molecule has 0 spiro atoms. The van der Waals surface area contributed by atoms with Gasteiger partial charge >= 0.3 is 0 Å². The lowest BCUT2D eigenvalue weighted by Gasteiger charge is -2.23. The fraction of sp³-hybridized carbons (Fsp3) is 0.353. The fourth-order valence-corrected chi connectivity index (χ4v) is 3.59. The SMILES string of the molecule is Brc1ccccc1CN1CCCN(c2nccn3cnnc23)CC1. The first-order valence-corrected chi connectivity index (χ1v) is 8.95. The van der Waals surface area contributed by atoms with Crippen LogP contribution in [0.2, 0.25) is 0 Å². The molecule has 124 valence electrons. The van der Waals surface area contributed by atoms with Gasteiger partial charge in [0, 0.05) is 49.6 Å². The van der Waals surface area contributed by atoms with E-state index in [1.807, 2.05) is 16.8 Å². The first-order chi connectivity index (χ1) is 11.8. The molecule has 2 aromatic heterocycles. The molecule has 0 amide bonds. The highest BCUT2D eigenvalue weighted by atomic mass is 79.9. The van der Waals surface area contributed by atoms with E-state index >= 15 is 0 Å². The number of hydrogen-bond acceptors (Lipinski definition) is 5. The van der Waals surface area contributed by atoms with E-state index in [9.17, 15) is 0 Å². The van der Waals surface area contributed by atoms with Gasteiger partial charge in [0.25, 0.3) is 0 Å². The van der Waals surface area contributed by atoms with Crippen molar-refractivity contribution in [3.8, 4) is 0 Å². The number of hydrogen-bond donors (Lipinski definition) is 0. The Labute approximate surface area is 149 Å². The Kier molecular flexibility index (Phi) is 4.44. The second kappa shape index (κ2) is 6.86. The average Bonchev–Trinajstić information content (AvgIpc) is 2.97.